The van der Waals surface area contributed by atoms with Gasteiger partial charge < -0.3 is 14.8 Å². The van der Waals surface area contributed by atoms with Crippen molar-refractivity contribution in [2.75, 3.05) is 11.9 Å². The molecule has 0 spiro atoms. The van der Waals surface area contributed by atoms with Crippen molar-refractivity contribution in [3.63, 3.8) is 0 Å². The molecule has 5 nitrogen and oxygen atoms in total. The highest BCUT2D eigenvalue weighted by atomic mass is 35.5. The fraction of sp³-hybridized carbons (Fsp3) is 0.238. The average molecular weight is 414 g/mol. The third kappa shape index (κ3) is 4.13. The summed E-state index contributed by atoms with van der Waals surface area (Å²) in [5.74, 6) is -0.161. The number of hydrogen-bond donors (Lipinski definition) is 1. The summed E-state index contributed by atoms with van der Waals surface area (Å²) in [4.78, 5) is 28.2. The number of halogens is 1. The minimum atomic E-state index is -0.183. The fourth-order valence-electron chi connectivity index (χ4n) is 3.37. The van der Waals surface area contributed by atoms with E-state index in [1.807, 2.05) is 34.0 Å². The molecule has 1 aliphatic heterocycles. The zero-order valence-corrected chi connectivity index (χ0v) is 16.8. The van der Waals surface area contributed by atoms with Gasteiger partial charge in [0.05, 0.1) is 11.4 Å². The van der Waals surface area contributed by atoms with Crippen LogP contribution in [0, 0.1) is 0 Å². The van der Waals surface area contributed by atoms with Crippen LogP contribution >= 0.6 is 22.9 Å². The first-order valence-corrected chi connectivity index (χ1v) is 10.4. The number of hydrogen-bond acceptors (Lipinski definition) is 3. The van der Waals surface area contributed by atoms with Crippen molar-refractivity contribution >= 4 is 40.4 Å². The van der Waals surface area contributed by atoms with Gasteiger partial charge in [0.25, 0.3) is 0 Å². The van der Waals surface area contributed by atoms with Gasteiger partial charge in [-0.25, -0.2) is 0 Å². The van der Waals surface area contributed by atoms with Crippen LogP contribution in [0.25, 0.3) is 5.69 Å². The number of amides is 2. The molecular weight excluding hydrogens is 394 g/mol. The maximum Gasteiger partial charge on any atom is 0.224 e. The first kappa shape index (κ1) is 18.8. The van der Waals surface area contributed by atoms with Gasteiger partial charge in [-0.15, -0.1) is 11.3 Å². The summed E-state index contributed by atoms with van der Waals surface area (Å²) in [6.07, 6.45) is 5.03. The van der Waals surface area contributed by atoms with Crippen molar-refractivity contribution in [1.82, 2.24) is 9.47 Å². The Morgan fingerprint density at radius 2 is 1.96 bits per heavy atom. The molecule has 0 fully saturated rings. The van der Waals surface area contributed by atoms with E-state index in [1.54, 1.807) is 29.5 Å². The van der Waals surface area contributed by atoms with Gasteiger partial charge in [-0.2, -0.15) is 0 Å². The Morgan fingerprint density at radius 1 is 1.14 bits per heavy atom. The summed E-state index contributed by atoms with van der Waals surface area (Å²) in [5.41, 5.74) is 2.68. The maximum atomic E-state index is 12.5. The highest BCUT2D eigenvalue weighted by Crippen LogP contribution is 2.26. The van der Waals surface area contributed by atoms with Gasteiger partial charge in [0.1, 0.15) is 0 Å². The van der Waals surface area contributed by atoms with E-state index in [0.29, 0.717) is 17.3 Å². The van der Waals surface area contributed by atoms with Gasteiger partial charge in [0, 0.05) is 48.2 Å². The van der Waals surface area contributed by atoms with E-state index in [9.17, 15) is 9.59 Å². The monoisotopic (exact) mass is 413 g/mol. The Hall–Kier alpha value is -2.57. The van der Waals surface area contributed by atoms with E-state index >= 15 is 0 Å². The first-order valence-electron chi connectivity index (χ1n) is 9.16. The third-order valence-electron chi connectivity index (χ3n) is 4.84. The number of carbonyl (C=O) groups excluding carboxylic acids is 2. The molecule has 0 unspecified atom stereocenters. The topological polar surface area (TPSA) is 54.3 Å². The molecule has 2 aromatic heterocycles. The number of anilines is 1. The molecular formula is C21H20ClN3O2S. The minimum Gasteiger partial charge on any atom is -0.338 e. The molecule has 4 rings (SSSR count). The predicted octanol–water partition coefficient (Wildman–Crippen LogP) is 4.50. The number of nitrogens with one attached hydrogen (secondary N) is 1. The average Bonchev–Trinajstić information content (AvgIpc) is 3.38. The van der Waals surface area contributed by atoms with E-state index in [2.05, 4.69) is 16.8 Å². The molecule has 0 saturated carbocycles. The second-order valence-corrected chi connectivity index (χ2v) is 8.17. The number of thiophene rings is 1. The van der Waals surface area contributed by atoms with E-state index in [4.69, 9.17) is 11.6 Å². The Morgan fingerprint density at radius 3 is 2.79 bits per heavy atom. The molecule has 3 heterocycles. The Kier molecular flexibility index (Phi) is 5.50. The lowest BCUT2D eigenvalue weighted by Crippen LogP contribution is -2.35. The van der Waals surface area contributed by atoms with Crippen molar-refractivity contribution in [3.8, 4) is 5.69 Å². The Labute approximate surface area is 172 Å². The molecule has 1 aromatic carbocycles. The van der Waals surface area contributed by atoms with Crippen LogP contribution in [-0.4, -0.2) is 27.8 Å². The van der Waals surface area contributed by atoms with Gasteiger partial charge in [0.15, 0.2) is 0 Å². The number of carbonyl (C=O) groups is 2. The van der Waals surface area contributed by atoms with Crippen LogP contribution in [-0.2, 0) is 22.6 Å². The largest absolute Gasteiger partial charge is 0.338 e. The number of nitrogens with zero attached hydrogens (tertiary/aromatic N) is 2. The quantitative estimate of drug-likeness (QED) is 0.669. The highest BCUT2D eigenvalue weighted by Gasteiger charge is 2.22. The lowest BCUT2D eigenvalue weighted by Gasteiger charge is -2.27. The summed E-state index contributed by atoms with van der Waals surface area (Å²) in [6.45, 7) is 1.37. The molecule has 0 saturated heterocycles. The standard InChI is InChI=1S/C21H20ClN3O2S/c22-16-3-4-17(18(13-16)24-9-1-2-10-24)23-20(26)5-6-21(27)25-11-7-19-15(14-25)8-12-28-19/h1-4,8-10,12-13H,5-7,11,14H2,(H,23,26). The Balaban J connectivity index is 1.36. The van der Waals surface area contributed by atoms with Gasteiger partial charge in [-0.1, -0.05) is 11.6 Å². The second-order valence-electron chi connectivity index (χ2n) is 6.73. The van der Waals surface area contributed by atoms with Crippen LogP contribution in [0.4, 0.5) is 5.69 Å². The number of rotatable bonds is 5. The van der Waals surface area contributed by atoms with E-state index in [1.165, 1.54) is 10.4 Å². The molecule has 7 heteroatoms. The van der Waals surface area contributed by atoms with Gasteiger partial charge in [-0.3, -0.25) is 9.59 Å². The smallest absolute Gasteiger partial charge is 0.224 e. The number of aromatic nitrogens is 1. The van der Waals surface area contributed by atoms with Crippen molar-refractivity contribution in [2.45, 2.75) is 25.8 Å². The molecule has 0 bridgehead atoms. The van der Waals surface area contributed by atoms with Crippen LogP contribution in [0.15, 0.2) is 54.2 Å². The summed E-state index contributed by atoms with van der Waals surface area (Å²) in [5, 5.41) is 5.57. The molecule has 1 aliphatic rings. The Bertz CT molecular complexity index is 997. The van der Waals surface area contributed by atoms with Crippen molar-refractivity contribution < 1.29 is 9.59 Å². The molecule has 144 valence electrons. The summed E-state index contributed by atoms with van der Waals surface area (Å²) in [7, 11) is 0. The molecule has 1 N–H and O–H groups in total. The lowest BCUT2D eigenvalue weighted by atomic mass is 10.1. The second kappa shape index (κ2) is 8.20. The van der Waals surface area contributed by atoms with E-state index in [0.717, 1.165) is 18.7 Å². The van der Waals surface area contributed by atoms with E-state index < -0.39 is 0 Å². The predicted molar refractivity (Wildman–Crippen MR) is 112 cm³/mol. The van der Waals surface area contributed by atoms with Crippen LogP contribution in [0.2, 0.25) is 5.02 Å². The van der Waals surface area contributed by atoms with Crippen LogP contribution in [0.1, 0.15) is 23.3 Å². The molecule has 0 radical (unpaired) electrons. The van der Waals surface area contributed by atoms with Crippen molar-refractivity contribution in [1.29, 1.82) is 0 Å². The maximum absolute atomic E-state index is 12.5. The van der Waals surface area contributed by atoms with Crippen LogP contribution in [0.5, 0.6) is 0 Å². The molecule has 28 heavy (non-hydrogen) atoms. The zero-order chi connectivity index (χ0) is 19.5. The summed E-state index contributed by atoms with van der Waals surface area (Å²) >= 11 is 7.86. The minimum absolute atomic E-state index is 0.0220. The van der Waals surface area contributed by atoms with Gasteiger partial charge in [0.2, 0.25) is 11.8 Å². The summed E-state index contributed by atoms with van der Waals surface area (Å²) in [6, 6.07) is 11.2. The lowest BCUT2D eigenvalue weighted by molar-refractivity contribution is -0.133. The van der Waals surface area contributed by atoms with Crippen LogP contribution < -0.4 is 5.32 Å². The number of fused-ring (bicyclic) bond motifs is 1. The normalized spacial score (nSPS) is 13.2. The van der Waals surface area contributed by atoms with Gasteiger partial charge >= 0.3 is 0 Å². The van der Waals surface area contributed by atoms with Crippen LogP contribution in [0.3, 0.4) is 0 Å². The number of benzene rings is 1. The molecule has 2 amide bonds. The zero-order valence-electron chi connectivity index (χ0n) is 15.2. The van der Waals surface area contributed by atoms with Crippen molar-refractivity contribution in [2.24, 2.45) is 0 Å². The SMILES string of the molecule is O=C(CCC(=O)N1CCc2sccc2C1)Nc1ccc(Cl)cc1-n1cccc1. The van der Waals surface area contributed by atoms with Gasteiger partial charge in [-0.05, 0) is 53.8 Å². The molecule has 0 aliphatic carbocycles. The first-order chi connectivity index (χ1) is 13.6. The molecule has 3 aromatic rings. The summed E-state index contributed by atoms with van der Waals surface area (Å²) < 4.78 is 1.89. The third-order valence-corrected chi connectivity index (χ3v) is 6.10. The van der Waals surface area contributed by atoms with E-state index in [-0.39, 0.29) is 24.7 Å². The molecule has 0 atom stereocenters. The highest BCUT2D eigenvalue weighted by molar-refractivity contribution is 7.10. The fourth-order valence-corrected chi connectivity index (χ4v) is 4.43. The van der Waals surface area contributed by atoms with Crippen molar-refractivity contribution in [3.05, 3.63) is 69.6 Å².